The van der Waals surface area contributed by atoms with Gasteiger partial charge < -0.3 is 4.90 Å². The second-order valence-electron chi connectivity index (χ2n) is 17.8. The van der Waals surface area contributed by atoms with Gasteiger partial charge in [-0.15, -0.1) is 0 Å². The molecule has 0 saturated carbocycles. The molecule has 1 nitrogen and oxygen atoms in total. The molecule has 0 heterocycles. The molecular weight excluding hydrogens is 807 g/mol. The Kier molecular flexibility index (Phi) is 10.0. The molecule has 0 radical (unpaired) electrons. The zero-order valence-corrected chi connectivity index (χ0v) is 37.4. The summed E-state index contributed by atoms with van der Waals surface area (Å²) in [5.41, 5.74) is 21.5. The fraction of sp³-hybridized carbons (Fsp3) is 0.0303. The van der Waals surface area contributed by atoms with Crippen LogP contribution in [0.2, 0.25) is 0 Å². The van der Waals surface area contributed by atoms with Gasteiger partial charge in [0.15, 0.2) is 0 Å². The second kappa shape index (κ2) is 16.8. The van der Waals surface area contributed by atoms with Crippen molar-refractivity contribution in [2.45, 2.75) is 12.3 Å². The van der Waals surface area contributed by atoms with Crippen LogP contribution in [0.5, 0.6) is 0 Å². The summed E-state index contributed by atoms with van der Waals surface area (Å²) >= 11 is 0. The summed E-state index contributed by atoms with van der Waals surface area (Å²) in [6.45, 7) is 2.39. The highest BCUT2D eigenvalue weighted by molar-refractivity contribution is 5.97. The van der Waals surface area contributed by atoms with Crippen molar-refractivity contribution in [1.29, 1.82) is 0 Å². The van der Waals surface area contributed by atoms with E-state index in [1.807, 2.05) is 0 Å². The van der Waals surface area contributed by atoms with Gasteiger partial charge in [0.1, 0.15) is 0 Å². The van der Waals surface area contributed by atoms with Crippen LogP contribution in [-0.4, -0.2) is 0 Å². The molecule has 1 aliphatic rings. The molecule has 67 heavy (non-hydrogen) atoms. The molecular formula is C66H47N. The van der Waals surface area contributed by atoms with E-state index in [2.05, 4.69) is 279 Å². The summed E-state index contributed by atoms with van der Waals surface area (Å²) in [5, 5.41) is 2.50. The first-order valence-electron chi connectivity index (χ1n) is 23.2. The van der Waals surface area contributed by atoms with E-state index in [1.54, 1.807) is 0 Å². The molecule has 11 aromatic rings. The van der Waals surface area contributed by atoms with E-state index in [1.165, 1.54) is 72.0 Å². The van der Waals surface area contributed by atoms with Gasteiger partial charge in [-0.05, 0) is 126 Å². The van der Waals surface area contributed by atoms with E-state index in [9.17, 15) is 0 Å². The molecule has 1 atom stereocenters. The van der Waals surface area contributed by atoms with Crippen LogP contribution in [0.3, 0.4) is 0 Å². The molecule has 0 aromatic heterocycles. The maximum Gasteiger partial charge on any atom is 0.0540 e. The predicted molar refractivity (Wildman–Crippen MR) is 283 cm³/mol. The summed E-state index contributed by atoms with van der Waals surface area (Å²) in [5.74, 6) is 0. The molecule has 0 saturated heterocycles. The van der Waals surface area contributed by atoms with E-state index >= 15 is 0 Å². The van der Waals surface area contributed by atoms with Crippen molar-refractivity contribution in [3.63, 3.8) is 0 Å². The number of benzene rings is 11. The summed E-state index contributed by atoms with van der Waals surface area (Å²) in [4.78, 5) is 2.46. The van der Waals surface area contributed by atoms with Gasteiger partial charge in [-0.2, -0.15) is 0 Å². The summed E-state index contributed by atoms with van der Waals surface area (Å²) in [6, 6.07) is 97.7. The van der Waals surface area contributed by atoms with E-state index in [4.69, 9.17) is 0 Å². The molecule has 0 bridgehead atoms. The molecule has 0 N–H and O–H groups in total. The molecule has 0 aliphatic heterocycles. The van der Waals surface area contributed by atoms with Crippen LogP contribution in [0.25, 0.3) is 77.5 Å². The van der Waals surface area contributed by atoms with Gasteiger partial charge in [0.05, 0.1) is 11.4 Å². The van der Waals surface area contributed by atoms with Crippen LogP contribution >= 0.6 is 0 Å². The van der Waals surface area contributed by atoms with Crippen LogP contribution in [-0.2, 0) is 5.41 Å². The molecule has 12 rings (SSSR count). The highest BCUT2D eigenvalue weighted by atomic mass is 15.1. The van der Waals surface area contributed by atoms with Gasteiger partial charge in [0, 0.05) is 22.2 Å². The molecule has 316 valence electrons. The zero-order valence-electron chi connectivity index (χ0n) is 37.4. The maximum atomic E-state index is 2.46. The Balaban J connectivity index is 0.996. The van der Waals surface area contributed by atoms with Crippen LogP contribution in [0.4, 0.5) is 17.1 Å². The van der Waals surface area contributed by atoms with Crippen molar-refractivity contribution in [3.05, 3.63) is 284 Å². The lowest BCUT2D eigenvalue weighted by Gasteiger charge is -2.30. The van der Waals surface area contributed by atoms with Gasteiger partial charge in [-0.1, -0.05) is 231 Å². The lowest BCUT2D eigenvalue weighted by atomic mass is 9.74. The van der Waals surface area contributed by atoms with E-state index in [0.717, 1.165) is 39.3 Å². The first-order valence-corrected chi connectivity index (χ1v) is 23.2. The third-order valence-electron chi connectivity index (χ3n) is 14.0. The average Bonchev–Trinajstić information content (AvgIpc) is 3.68. The third-order valence-corrected chi connectivity index (χ3v) is 14.0. The molecule has 1 aliphatic carbocycles. The molecule has 1 heteroatoms. The highest BCUT2D eigenvalue weighted by Gasteiger charge is 2.41. The van der Waals surface area contributed by atoms with Gasteiger partial charge >= 0.3 is 0 Å². The minimum atomic E-state index is -0.265. The molecule has 0 amide bonds. The van der Waals surface area contributed by atoms with E-state index in [-0.39, 0.29) is 5.41 Å². The smallest absolute Gasteiger partial charge is 0.0540 e. The average molecular weight is 854 g/mol. The summed E-state index contributed by atoms with van der Waals surface area (Å²) in [6.07, 6.45) is 0. The van der Waals surface area contributed by atoms with Crippen LogP contribution in [0, 0.1) is 0 Å². The van der Waals surface area contributed by atoms with Crippen molar-refractivity contribution in [1.82, 2.24) is 0 Å². The van der Waals surface area contributed by atoms with Crippen molar-refractivity contribution < 1.29 is 0 Å². The molecule has 0 fully saturated rings. The number of anilines is 3. The minimum absolute atomic E-state index is 0.265. The zero-order chi connectivity index (χ0) is 44.7. The van der Waals surface area contributed by atoms with Crippen molar-refractivity contribution in [2.75, 3.05) is 4.90 Å². The molecule has 0 spiro atoms. The van der Waals surface area contributed by atoms with E-state index < -0.39 is 0 Å². The Bertz CT molecular complexity index is 3570. The summed E-state index contributed by atoms with van der Waals surface area (Å²) in [7, 11) is 0. The second-order valence-corrected chi connectivity index (χ2v) is 17.8. The van der Waals surface area contributed by atoms with Gasteiger partial charge in [0.25, 0.3) is 0 Å². The highest BCUT2D eigenvalue weighted by Crippen LogP contribution is 2.55. The summed E-state index contributed by atoms with van der Waals surface area (Å²) < 4.78 is 0. The lowest BCUT2D eigenvalue weighted by Crippen LogP contribution is -2.22. The number of hydrogen-bond donors (Lipinski definition) is 0. The number of fused-ring (bicyclic) bond motifs is 4. The Morgan fingerprint density at radius 2 is 0.746 bits per heavy atom. The predicted octanol–water partition coefficient (Wildman–Crippen LogP) is 18.0. The minimum Gasteiger partial charge on any atom is -0.309 e. The monoisotopic (exact) mass is 853 g/mol. The number of nitrogens with zero attached hydrogens (tertiary/aromatic N) is 1. The first-order chi connectivity index (χ1) is 33.1. The Morgan fingerprint density at radius 3 is 1.49 bits per heavy atom. The van der Waals surface area contributed by atoms with Gasteiger partial charge in [-0.3, -0.25) is 0 Å². The third kappa shape index (κ3) is 7.04. The molecule has 1 unspecified atom stereocenters. The SMILES string of the molecule is CC1(c2ccccc2)c2ccccc2-c2c(-c3ccc(N(c4ccccc4-c4ccc(-c5ccc6ccccc6c5)cc4)c4ccccc4-c4cccc(-c5ccccc5)c4)cc3)cccc21. The Morgan fingerprint density at radius 1 is 0.284 bits per heavy atom. The van der Waals surface area contributed by atoms with Crippen molar-refractivity contribution >= 4 is 27.8 Å². The largest absolute Gasteiger partial charge is 0.309 e. The fourth-order valence-electron chi connectivity index (χ4n) is 10.6. The van der Waals surface area contributed by atoms with E-state index in [0.29, 0.717) is 0 Å². The number of para-hydroxylation sites is 2. The topological polar surface area (TPSA) is 3.24 Å². The Hall–Kier alpha value is -8.52. The van der Waals surface area contributed by atoms with Crippen molar-refractivity contribution in [3.8, 4) is 66.8 Å². The standard InChI is InChI=1S/C66H47N/c1-66(55-24-6-3-7-25-55)61-30-13-10-28-60(61)65-59(29-17-31-62(65)66)50-40-42-56(43-41-50)67(64-33-15-12-27-58(64)54-23-16-22-52(45-54)46-18-4-2-5-19-46)63-32-14-11-26-57(63)49-37-34-48(35-38-49)53-39-36-47-20-8-9-21-51(47)44-53/h2-45H,1H3. The quantitative estimate of drug-likeness (QED) is 0.140. The van der Waals surface area contributed by atoms with Gasteiger partial charge in [0.2, 0.25) is 0 Å². The lowest BCUT2D eigenvalue weighted by molar-refractivity contribution is 0.714. The van der Waals surface area contributed by atoms with Crippen LogP contribution < -0.4 is 4.90 Å². The maximum absolute atomic E-state index is 2.46. The van der Waals surface area contributed by atoms with Gasteiger partial charge in [-0.25, -0.2) is 0 Å². The normalized spacial score (nSPS) is 13.8. The van der Waals surface area contributed by atoms with Crippen molar-refractivity contribution in [2.24, 2.45) is 0 Å². The Labute approximate surface area is 393 Å². The fourth-order valence-corrected chi connectivity index (χ4v) is 10.6. The van der Waals surface area contributed by atoms with Crippen LogP contribution in [0.1, 0.15) is 23.6 Å². The van der Waals surface area contributed by atoms with Crippen LogP contribution in [0.15, 0.2) is 267 Å². The number of rotatable bonds is 9. The number of hydrogen-bond acceptors (Lipinski definition) is 1. The first kappa shape index (κ1) is 40.0. The molecule has 11 aromatic carbocycles.